The number of para-hydroxylation sites is 1. The van der Waals surface area contributed by atoms with E-state index in [0.717, 1.165) is 16.9 Å². The third-order valence-electron chi connectivity index (χ3n) is 4.39. The normalized spacial score (nSPS) is 13.7. The van der Waals surface area contributed by atoms with Gasteiger partial charge in [-0.3, -0.25) is 0 Å². The molecule has 0 N–H and O–H groups in total. The maximum Gasteiger partial charge on any atom is 0.410 e. The van der Waals surface area contributed by atoms with Crippen molar-refractivity contribution in [2.24, 2.45) is 0 Å². The lowest BCUT2D eigenvalue weighted by Gasteiger charge is -2.30. The van der Waals surface area contributed by atoms with Crippen molar-refractivity contribution in [3.63, 3.8) is 0 Å². The van der Waals surface area contributed by atoms with Gasteiger partial charge in [-0.05, 0) is 51.8 Å². The molecular formula is C22H28N2O2S2. The summed E-state index contributed by atoms with van der Waals surface area (Å²) in [7, 11) is 0. The van der Waals surface area contributed by atoms with Crippen LogP contribution in [0.2, 0.25) is 0 Å². The molecule has 1 aliphatic rings. The van der Waals surface area contributed by atoms with Crippen molar-refractivity contribution in [2.45, 2.75) is 60.1 Å². The second-order valence-corrected chi connectivity index (χ2v) is 9.91. The molecule has 28 heavy (non-hydrogen) atoms. The lowest BCUT2D eigenvalue weighted by molar-refractivity contribution is 0.0227. The number of benzene rings is 1. The summed E-state index contributed by atoms with van der Waals surface area (Å²) < 4.78 is 6.75. The number of fused-ring (bicyclic) bond motifs is 2. The Labute approximate surface area is 175 Å². The Morgan fingerprint density at radius 2 is 1.89 bits per heavy atom. The van der Waals surface area contributed by atoms with Gasteiger partial charge in [-0.25, -0.2) is 9.78 Å². The van der Waals surface area contributed by atoms with Gasteiger partial charge in [0.15, 0.2) is 0 Å². The van der Waals surface area contributed by atoms with Crippen molar-refractivity contribution in [1.82, 2.24) is 9.88 Å². The van der Waals surface area contributed by atoms with Crippen LogP contribution in [0, 0.1) is 6.92 Å². The smallest absolute Gasteiger partial charge is 0.410 e. The van der Waals surface area contributed by atoms with E-state index in [2.05, 4.69) is 25.1 Å². The topological polar surface area (TPSA) is 42.4 Å². The molecule has 3 aromatic rings. The predicted octanol–water partition coefficient (Wildman–Crippen LogP) is 6.65. The average Bonchev–Trinajstić information content (AvgIpc) is 3.20. The molecule has 1 aromatic carbocycles. The van der Waals surface area contributed by atoms with E-state index in [0.29, 0.717) is 13.1 Å². The molecular weight excluding hydrogens is 388 g/mol. The molecule has 0 aliphatic carbocycles. The van der Waals surface area contributed by atoms with Gasteiger partial charge in [-0.1, -0.05) is 26.0 Å². The molecule has 1 amide bonds. The Balaban J connectivity index is 0.00000109. The van der Waals surface area contributed by atoms with E-state index < -0.39 is 5.60 Å². The second kappa shape index (κ2) is 8.21. The van der Waals surface area contributed by atoms with Crippen LogP contribution in [0.3, 0.4) is 0 Å². The first-order valence-electron chi connectivity index (χ1n) is 9.77. The lowest BCUT2D eigenvalue weighted by atomic mass is 10.0. The number of carbonyl (C=O) groups excluding carboxylic acids is 1. The van der Waals surface area contributed by atoms with E-state index >= 15 is 0 Å². The van der Waals surface area contributed by atoms with Gasteiger partial charge in [0.1, 0.15) is 10.6 Å². The van der Waals surface area contributed by atoms with Crippen molar-refractivity contribution in [1.29, 1.82) is 0 Å². The summed E-state index contributed by atoms with van der Waals surface area (Å²) in [6.45, 7) is 13.2. The van der Waals surface area contributed by atoms with E-state index in [-0.39, 0.29) is 6.09 Å². The zero-order valence-electron chi connectivity index (χ0n) is 17.5. The fourth-order valence-corrected chi connectivity index (χ4v) is 5.68. The van der Waals surface area contributed by atoms with E-state index in [4.69, 9.17) is 9.72 Å². The van der Waals surface area contributed by atoms with Gasteiger partial charge in [0.05, 0.1) is 16.8 Å². The summed E-state index contributed by atoms with van der Waals surface area (Å²) in [6.07, 6.45) is 0.625. The molecule has 0 bridgehead atoms. The summed E-state index contributed by atoms with van der Waals surface area (Å²) in [6, 6.07) is 8.27. The van der Waals surface area contributed by atoms with Crippen LogP contribution < -0.4 is 0 Å². The quantitative estimate of drug-likeness (QED) is 0.446. The molecule has 0 radical (unpaired) electrons. The van der Waals surface area contributed by atoms with Gasteiger partial charge in [0.2, 0.25) is 0 Å². The molecule has 3 heterocycles. The fraction of sp³-hybridized carbons (Fsp3) is 0.455. The first-order valence-corrected chi connectivity index (χ1v) is 11.4. The van der Waals surface area contributed by atoms with Gasteiger partial charge < -0.3 is 9.64 Å². The van der Waals surface area contributed by atoms with Crippen LogP contribution in [0.15, 0.2) is 24.3 Å². The van der Waals surface area contributed by atoms with E-state index in [9.17, 15) is 4.79 Å². The summed E-state index contributed by atoms with van der Waals surface area (Å²) in [5.41, 5.74) is 3.22. The Morgan fingerprint density at radius 3 is 2.57 bits per heavy atom. The number of hydrogen-bond acceptors (Lipinski definition) is 5. The number of carbonyl (C=O) groups is 1. The van der Waals surface area contributed by atoms with Crippen molar-refractivity contribution in [2.75, 3.05) is 6.54 Å². The highest BCUT2D eigenvalue weighted by Crippen LogP contribution is 2.42. The van der Waals surface area contributed by atoms with Crippen molar-refractivity contribution >= 4 is 39.0 Å². The van der Waals surface area contributed by atoms with E-state index in [1.165, 1.54) is 25.6 Å². The number of aryl methyl sites for hydroxylation is 1. The molecule has 0 saturated heterocycles. The minimum absolute atomic E-state index is 0.226. The Morgan fingerprint density at radius 1 is 1.18 bits per heavy atom. The van der Waals surface area contributed by atoms with Crippen molar-refractivity contribution in [3.05, 3.63) is 39.6 Å². The second-order valence-electron chi connectivity index (χ2n) is 7.57. The highest BCUT2D eigenvalue weighted by atomic mass is 32.1. The number of amides is 1. The number of rotatable bonds is 1. The average molecular weight is 417 g/mol. The molecule has 4 rings (SSSR count). The summed E-state index contributed by atoms with van der Waals surface area (Å²) >= 11 is 3.53. The van der Waals surface area contributed by atoms with Crippen LogP contribution >= 0.6 is 22.7 Å². The summed E-state index contributed by atoms with van der Waals surface area (Å²) in [5.74, 6) is 0. The molecule has 6 heteroatoms. The van der Waals surface area contributed by atoms with Crippen LogP contribution in [0.25, 0.3) is 20.8 Å². The first kappa shape index (κ1) is 20.8. The minimum atomic E-state index is -0.463. The number of aromatic nitrogens is 1. The Hall–Kier alpha value is -1.92. The molecule has 0 fully saturated rings. The van der Waals surface area contributed by atoms with Crippen LogP contribution in [0.5, 0.6) is 0 Å². The standard InChI is InChI=1S/C20H22N2O2S2.C2H6/c1-12-17(18-21-14-7-5-6-8-15(14)26-18)13-9-10-22(11-16(13)25-12)19(23)24-20(2,3)4;1-2/h5-8H,9-11H2,1-4H3;1-2H3. The van der Waals surface area contributed by atoms with Crippen LogP contribution in [0.1, 0.15) is 49.9 Å². The summed E-state index contributed by atoms with van der Waals surface area (Å²) in [5, 5.41) is 1.09. The molecule has 1 aliphatic heterocycles. The van der Waals surface area contributed by atoms with E-state index in [1.54, 1.807) is 22.7 Å². The SMILES string of the molecule is CC.Cc1sc2c(c1-c1nc3ccccc3s1)CCN(C(=O)OC(C)(C)C)C2. The fourth-order valence-electron chi connectivity index (χ4n) is 3.28. The molecule has 0 saturated carbocycles. The zero-order chi connectivity index (χ0) is 20.5. The Kier molecular flexibility index (Phi) is 6.10. The number of thiophene rings is 1. The van der Waals surface area contributed by atoms with Crippen molar-refractivity contribution < 1.29 is 9.53 Å². The van der Waals surface area contributed by atoms with Gasteiger partial charge in [0, 0.05) is 21.9 Å². The Bertz CT molecular complexity index is 949. The molecule has 0 atom stereocenters. The highest BCUT2D eigenvalue weighted by Gasteiger charge is 2.29. The number of thiazole rings is 1. The van der Waals surface area contributed by atoms with Crippen molar-refractivity contribution in [3.8, 4) is 10.6 Å². The largest absolute Gasteiger partial charge is 0.444 e. The minimum Gasteiger partial charge on any atom is -0.444 e. The van der Waals surface area contributed by atoms with Gasteiger partial charge >= 0.3 is 6.09 Å². The number of nitrogens with zero attached hydrogens (tertiary/aromatic N) is 2. The van der Waals surface area contributed by atoms with E-state index in [1.807, 2.05) is 45.6 Å². The molecule has 4 nitrogen and oxygen atoms in total. The molecule has 150 valence electrons. The molecule has 2 aromatic heterocycles. The van der Waals surface area contributed by atoms with Gasteiger partial charge in [-0.2, -0.15) is 0 Å². The molecule has 0 unspecified atom stereocenters. The van der Waals surface area contributed by atoms with Crippen LogP contribution in [0.4, 0.5) is 4.79 Å². The monoisotopic (exact) mass is 416 g/mol. The molecule has 0 spiro atoms. The highest BCUT2D eigenvalue weighted by molar-refractivity contribution is 7.22. The maximum atomic E-state index is 12.4. The van der Waals surface area contributed by atoms with Crippen LogP contribution in [-0.2, 0) is 17.7 Å². The predicted molar refractivity (Wildman–Crippen MR) is 119 cm³/mol. The third kappa shape index (κ3) is 4.23. The number of hydrogen-bond donors (Lipinski definition) is 0. The summed E-state index contributed by atoms with van der Waals surface area (Å²) in [4.78, 5) is 21.6. The van der Waals surface area contributed by atoms with Gasteiger partial charge in [-0.15, -0.1) is 22.7 Å². The van der Waals surface area contributed by atoms with Gasteiger partial charge in [0.25, 0.3) is 0 Å². The number of ether oxygens (including phenoxy) is 1. The first-order chi connectivity index (χ1) is 13.3. The third-order valence-corrected chi connectivity index (χ3v) is 6.58. The lowest BCUT2D eigenvalue weighted by Crippen LogP contribution is -2.39. The zero-order valence-corrected chi connectivity index (χ0v) is 19.1. The van der Waals surface area contributed by atoms with Crippen LogP contribution in [-0.4, -0.2) is 28.1 Å². The maximum absolute atomic E-state index is 12.4.